The molecule has 0 spiro atoms. The van der Waals surface area contributed by atoms with E-state index in [1.165, 1.54) is 30.6 Å². The Morgan fingerprint density at radius 3 is 2.90 bits per heavy atom. The smallest absolute Gasteiger partial charge is 0.263 e. The van der Waals surface area contributed by atoms with Gasteiger partial charge in [0, 0.05) is 20.0 Å². The van der Waals surface area contributed by atoms with Gasteiger partial charge in [-0.15, -0.1) is 11.3 Å². The van der Waals surface area contributed by atoms with Gasteiger partial charge in [-0.3, -0.25) is 4.79 Å². The molecule has 1 aliphatic carbocycles. The first-order chi connectivity index (χ1) is 9.61. The van der Waals surface area contributed by atoms with Crippen LogP contribution in [0.1, 0.15) is 45.8 Å². The van der Waals surface area contributed by atoms with E-state index in [1.807, 2.05) is 24.9 Å². The van der Waals surface area contributed by atoms with Crippen LogP contribution in [-0.2, 0) is 0 Å². The summed E-state index contributed by atoms with van der Waals surface area (Å²) in [6, 6.07) is 1.92. The zero-order chi connectivity index (χ0) is 14.5. The number of aryl methyl sites for hydroxylation is 1. The van der Waals surface area contributed by atoms with Crippen LogP contribution >= 0.6 is 11.3 Å². The molecule has 0 radical (unpaired) electrons. The standard InChI is InChI=1S/C16H21NO2S/c1-12-10-15(20-14(12)8-3-4-9-18)16(19)17(2)11-13-6-5-7-13/h10,13,18H,4-7,9,11H2,1-2H3. The van der Waals surface area contributed by atoms with Crippen molar-refractivity contribution in [2.75, 3.05) is 20.2 Å². The van der Waals surface area contributed by atoms with E-state index in [0.717, 1.165) is 21.9 Å². The number of rotatable bonds is 4. The van der Waals surface area contributed by atoms with Crippen molar-refractivity contribution in [1.29, 1.82) is 0 Å². The van der Waals surface area contributed by atoms with Crippen LogP contribution in [0.25, 0.3) is 0 Å². The minimum absolute atomic E-state index is 0.0767. The van der Waals surface area contributed by atoms with Crippen LogP contribution in [0.15, 0.2) is 6.07 Å². The van der Waals surface area contributed by atoms with Crippen molar-refractivity contribution >= 4 is 17.2 Å². The van der Waals surface area contributed by atoms with Crippen LogP contribution in [0.2, 0.25) is 0 Å². The molecule has 0 aromatic carbocycles. The third-order valence-corrected chi connectivity index (χ3v) is 4.81. The topological polar surface area (TPSA) is 40.5 Å². The average Bonchev–Trinajstić information content (AvgIpc) is 2.75. The molecule has 2 rings (SSSR count). The molecular formula is C16H21NO2S. The maximum absolute atomic E-state index is 12.4. The highest BCUT2D eigenvalue weighted by Crippen LogP contribution is 2.28. The molecule has 0 aliphatic heterocycles. The predicted octanol–water partition coefficient (Wildman–Crippen LogP) is 2.66. The number of hydrogen-bond acceptors (Lipinski definition) is 3. The third-order valence-electron chi connectivity index (χ3n) is 3.67. The largest absolute Gasteiger partial charge is 0.395 e. The summed E-state index contributed by atoms with van der Waals surface area (Å²) in [4.78, 5) is 15.9. The molecule has 108 valence electrons. The number of nitrogens with zero attached hydrogens (tertiary/aromatic N) is 1. The molecule has 3 nitrogen and oxygen atoms in total. The molecule has 1 amide bonds. The van der Waals surface area contributed by atoms with E-state index in [2.05, 4.69) is 11.8 Å². The lowest BCUT2D eigenvalue weighted by molar-refractivity contribution is 0.0750. The van der Waals surface area contributed by atoms with E-state index in [9.17, 15) is 4.79 Å². The molecular weight excluding hydrogens is 270 g/mol. The summed E-state index contributed by atoms with van der Waals surface area (Å²) >= 11 is 1.45. The van der Waals surface area contributed by atoms with Crippen LogP contribution in [0.3, 0.4) is 0 Å². The van der Waals surface area contributed by atoms with Gasteiger partial charge in [-0.2, -0.15) is 0 Å². The molecule has 1 fully saturated rings. The molecule has 1 aliphatic rings. The van der Waals surface area contributed by atoms with Crippen molar-refractivity contribution < 1.29 is 9.90 Å². The van der Waals surface area contributed by atoms with Gasteiger partial charge >= 0.3 is 0 Å². The first kappa shape index (κ1) is 15.1. The fourth-order valence-electron chi connectivity index (χ4n) is 2.24. The van der Waals surface area contributed by atoms with Crippen LogP contribution in [0.4, 0.5) is 0 Å². The Kier molecular flexibility index (Phi) is 5.22. The molecule has 1 N–H and O–H groups in total. The molecule has 1 saturated carbocycles. The fourth-order valence-corrected chi connectivity index (χ4v) is 3.29. The summed E-state index contributed by atoms with van der Waals surface area (Å²) in [6.45, 7) is 2.91. The molecule has 4 heteroatoms. The molecule has 1 heterocycles. The SMILES string of the molecule is Cc1cc(C(=O)N(C)CC2CCC2)sc1C#CCCO. The number of aliphatic hydroxyl groups is 1. The molecule has 1 aromatic rings. The third kappa shape index (κ3) is 3.62. The number of thiophene rings is 1. The Morgan fingerprint density at radius 1 is 1.55 bits per heavy atom. The lowest BCUT2D eigenvalue weighted by Gasteiger charge is -2.29. The maximum atomic E-state index is 12.4. The summed E-state index contributed by atoms with van der Waals surface area (Å²) < 4.78 is 0. The second-order valence-electron chi connectivity index (χ2n) is 5.38. The maximum Gasteiger partial charge on any atom is 0.263 e. The van der Waals surface area contributed by atoms with E-state index in [1.54, 1.807) is 0 Å². The summed E-state index contributed by atoms with van der Waals surface area (Å²) in [5.41, 5.74) is 1.04. The second kappa shape index (κ2) is 6.92. The lowest BCUT2D eigenvalue weighted by Crippen LogP contribution is -2.33. The monoisotopic (exact) mass is 291 g/mol. The Morgan fingerprint density at radius 2 is 2.30 bits per heavy atom. The van der Waals surface area contributed by atoms with Crippen LogP contribution < -0.4 is 0 Å². The van der Waals surface area contributed by atoms with E-state index in [-0.39, 0.29) is 12.5 Å². The number of hydrogen-bond donors (Lipinski definition) is 1. The highest BCUT2D eigenvalue weighted by molar-refractivity contribution is 7.14. The van der Waals surface area contributed by atoms with Gasteiger partial charge < -0.3 is 10.0 Å². The van der Waals surface area contributed by atoms with Crippen molar-refractivity contribution in [2.45, 2.75) is 32.6 Å². The van der Waals surface area contributed by atoms with Gasteiger partial charge in [-0.1, -0.05) is 18.3 Å². The van der Waals surface area contributed by atoms with Crippen LogP contribution in [0, 0.1) is 24.7 Å². The van der Waals surface area contributed by atoms with Gasteiger partial charge in [0.1, 0.15) is 0 Å². The normalized spacial score (nSPS) is 14.3. The van der Waals surface area contributed by atoms with E-state index in [0.29, 0.717) is 12.3 Å². The zero-order valence-electron chi connectivity index (χ0n) is 12.1. The average molecular weight is 291 g/mol. The number of carbonyl (C=O) groups excluding carboxylic acids is 1. The lowest BCUT2D eigenvalue weighted by atomic mass is 9.85. The van der Waals surface area contributed by atoms with Crippen molar-refractivity contribution in [3.05, 3.63) is 21.4 Å². The zero-order valence-corrected chi connectivity index (χ0v) is 12.9. The molecule has 20 heavy (non-hydrogen) atoms. The number of aliphatic hydroxyl groups excluding tert-OH is 1. The summed E-state index contributed by atoms with van der Waals surface area (Å²) in [5, 5.41) is 8.73. The highest BCUT2D eigenvalue weighted by Gasteiger charge is 2.23. The van der Waals surface area contributed by atoms with E-state index >= 15 is 0 Å². The van der Waals surface area contributed by atoms with Crippen molar-refractivity contribution in [2.24, 2.45) is 5.92 Å². The minimum atomic E-state index is 0.0767. The molecule has 0 saturated heterocycles. The Bertz CT molecular complexity index is 534. The van der Waals surface area contributed by atoms with Crippen molar-refractivity contribution in [3.8, 4) is 11.8 Å². The van der Waals surface area contributed by atoms with Gasteiger partial charge in [0.2, 0.25) is 0 Å². The highest BCUT2D eigenvalue weighted by atomic mass is 32.1. The first-order valence-corrected chi connectivity index (χ1v) is 7.89. The fraction of sp³-hybridized carbons (Fsp3) is 0.562. The van der Waals surface area contributed by atoms with Gasteiger partial charge in [0.15, 0.2) is 0 Å². The number of amides is 1. The molecule has 0 bridgehead atoms. The van der Waals surface area contributed by atoms with E-state index < -0.39 is 0 Å². The van der Waals surface area contributed by atoms with Crippen LogP contribution in [0.5, 0.6) is 0 Å². The van der Waals surface area contributed by atoms with E-state index in [4.69, 9.17) is 5.11 Å². The van der Waals surface area contributed by atoms with Crippen LogP contribution in [-0.4, -0.2) is 36.1 Å². The summed E-state index contributed by atoms with van der Waals surface area (Å²) in [7, 11) is 1.88. The molecule has 1 aromatic heterocycles. The summed E-state index contributed by atoms with van der Waals surface area (Å²) in [6.07, 6.45) is 4.27. The van der Waals surface area contributed by atoms with Gasteiger partial charge in [-0.25, -0.2) is 0 Å². The Labute approximate surface area is 124 Å². The molecule has 0 atom stereocenters. The predicted molar refractivity (Wildman–Crippen MR) is 81.9 cm³/mol. The second-order valence-corrected chi connectivity index (χ2v) is 6.43. The van der Waals surface area contributed by atoms with Gasteiger partial charge in [0.05, 0.1) is 16.4 Å². The Balaban J connectivity index is 2.02. The summed E-state index contributed by atoms with van der Waals surface area (Å²) in [5.74, 6) is 6.72. The quantitative estimate of drug-likeness (QED) is 0.866. The van der Waals surface area contributed by atoms with Gasteiger partial charge in [-0.05, 0) is 37.3 Å². The molecule has 0 unspecified atom stereocenters. The van der Waals surface area contributed by atoms with Gasteiger partial charge in [0.25, 0.3) is 5.91 Å². The van der Waals surface area contributed by atoms with Crippen molar-refractivity contribution in [1.82, 2.24) is 4.90 Å². The first-order valence-electron chi connectivity index (χ1n) is 7.07. The number of carbonyl (C=O) groups is 1. The van der Waals surface area contributed by atoms with Crippen molar-refractivity contribution in [3.63, 3.8) is 0 Å². The Hall–Kier alpha value is -1.31. The minimum Gasteiger partial charge on any atom is -0.395 e.